The molecule has 0 bridgehead atoms. The zero-order chi connectivity index (χ0) is 20.1. The van der Waals surface area contributed by atoms with E-state index in [1.807, 2.05) is 13.0 Å². The molecule has 28 heavy (non-hydrogen) atoms. The molecule has 7 heteroatoms. The number of benzene rings is 1. The molecule has 1 aromatic carbocycles. The Morgan fingerprint density at radius 2 is 1.86 bits per heavy atom. The molecule has 0 aliphatic carbocycles. The van der Waals surface area contributed by atoms with E-state index < -0.39 is 5.60 Å². The van der Waals surface area contributed by atoms with Crippen LogP contribution < -0.4 is 15.0 Å². The molecule has 1 saturated heterocycles. The molecule has 2 aromatic rings. The number of aromatic nitrogens is 2. The van der Waals surface area contributed by atoms with Crippen LogP contribution in [0.1, 0.15) is 44.5 Å². The van der Waals surface area contributed by atoms with Gasteiger partial charge < -0.3 is 15.0 Å². The number of nitrogens with one attached hydrogen (secondary N) is 1. The number of hydrogen-bond donors (Lipinski definition) is 1. The van der Waals surface area contributed by atoms with Crippen molar-refractivity contribution >= 4 is 23.5 Å². The van der Waals surface area contributed by atoms with E-state index in [1.165, 1.54) is 19.3 Å². The Balaban J connectivity index is 1.63. The number of hydrogen-bond acceptors (Lipinski definition) is 5. The summed E-state index contributed by atoms with van der Waals surface area (Å²) in [6.07, 6.45) is 3.59. The molecule has 1 fully saturated rings. The molecule has 3 rings (SSSR count). The van der Waals surface area contributed by atoms with Gasteiger partial charge in [0.1, 0.15) is 5.75 Å². The zero-order valence-corrected chi connectivity index (χ0v) is 17.4. The van der Waals surface area contributed by atoms with Gasteiger partial charge in [0.05, 0.1) is 12.2 Å². The quantitative estimate of drug-likeness (QED) is 0.793. The van der Waals surface area contributed by atoms with Crippen LogP contribution in [0.2, 0.25) is 5.02 Å². The number of nitrogens with zero attached hydrogens (tertiary/aromatic N) is 3. The second-order valence-electron chi connectivity index (χ2n) is 7.60. The minimum absolute atomic E-state index is 0.210. The Hall–Kier alpha value is -2.34. The lowest BCUT2D eigenvalue weighted by Gasteiger charge is -2.27. The van der Waals surface area contributed by atoms with Crippen LogP contribution in [0.15, 0.2) is 30.3 Å². The highest BCUT2D eigenvalue weighted by molar-refractivity contribution is 6.30. The molecule has 0 radical (unpaired) electrons. The number of carbonyl (C=O) groups is 1. The molecular weight excluding hydrogens is 376 g/mol. The lowest BCUT2D eigenvalue weighted by atomic mass is 10.1. The number of carbonyl (C=O) groups excluding carboxylic acids is 1. The van der Waals surface area contributed by atoms with E-state index in [4.69, 9.17) is 16.3 Å². The normalized spacial score (nSPS) is 14.6. The minimum atomic E-state index is -1.02. The average Bonchev–Trinajstić information content (AvgIpc) is 2.68. The van der Waals surface area contributed by atoms with E-state index >= 15 is 0 Å². The van der Waals surface area contributed by atoms with Crippen LogP contribution in [-0.4, -0.2) is 34.6 Å². The molecule has 0 unspecified atom stereocenters. The summed E-state index contributed by atoms with van der Waals surface area (Å²) in [5, 5.41) is 3.55. The van der Waals surface area contributed by atoms with Gasteiger partial charge >= 0.3 is 0 Å². The Morgan fingerprint density at radius 1 is 1.18 bits per heavy atom. The van der Waals surface area contributed by atoms with Crippen molar-refractivity contribution in [2.24, 2.45) is 0 Å². The van der Waals surface area contributed by atoms with E-state index in [2.05, 4.69) is 20.2 Å². The highest BCUT2D eigenvalue weighted by Crippen LogP contribution is 2.21. The number of amides is 1. The van der Waals surface area contributed by atoms with Gasteiger partial charge in [-0.05, 0) is 70.4 Å². The van der Waals surface area contributed by atoms with Gasteiger partial charge in [-0.2, -0.15) is 0 Å². The highest BCUT2D eigenvalue weighted by atomic mass is 35.5. The maximum atomic E-state index is 12.7. The van der Waals surface area contributed by atoms with Gasteiger partial charge in [-0.25, -0.2) is 9.97 Å². The summed E-state index contributed by atoms with van der Waals surface area (Å²) in [4.78, 5) is 24.1. The Bertz CT molecular complexity index is 818. The molecule has 1 N–H and O–H groups in total. The first-order valence-electron chi connectivity index (χ1n) is 9.66. The van der Waals surface area contributed by atoms with Gasteiger partial charge in [-0.3, -0.25) is 4.79 Å². The summed E-state index contributed by atoms with van der Waals surface area (Å²) in [5.74, 6) is 1.13. The Labute approximate surface area is 171 Å². The van der Waals surface area contributed by atoms with Gasteiger partial charge in [0.15, 0.2) is 5.60 Å². The van der Waals surface area contributed by atoms with Gasteiger partial charge in [-0.1, -0.05) is 11.6 Å². The molecule has 6 nitrogen and oxygen atoms in total. The van der Waals surface area contributed by atoms with Crippen molar-refractivity contribution in [3.05, 3.63) is 46.7 Å². The number of ether oxygens (including phenoxy) is 1. The molecule has 1 aromatic heterocycles. The first-order chi connectivity index (χ1) is 13.3. The van der Waals surface area contributed by atoms with Crippen molar-refractivity contribution in [2.75, 3.05) is 18.0 Å². The molecule has 0 spiro atoms. The predicted octanol–water partition coefficient (Wildman–Crippen LogP) is 3.90. The molecule has 1 aliphatic rings. The second-order valence-corrected chi connectivity index (χ2v) is 8.03. The van der Waals surface area contributed by atoms with E-state index in [0.717, 1.165) is 30.4 Å². The first-order valence-corrected chi connectivity index (χ1v) is 10.0. The van der Waals surface area contributed by atoms with Crippen molar-refractivity contribution in [3.8, 4) is 5.75 Å². The molecule has 1 aliphatic heterocycles. The average molecular weight is 403 g/mol. The maximum absolute atomic E-state index is 12.7. The van der Waals surface area contributed by atoms with Crippen molar-refractivity contribution in [2.45, 2.75) is 52.2 Å². The summed E-state index contributed by atoms with van der Waals surface area (Å²) < 4.78 is 5.84. The topological polar surface area (TPSA) is 67.3 Å². The van der Waals surface area contributed by atoms with Crippen LogP contribution >= 0.6 is 11.6 Å². The Morgan fingerprint density at radius 3 is 2.54 bits per heavy atom. The summed E-state index contributed by atoms with van der Waals surface area (Å²) in [6.45, 7) is 7.72. The number of piperidine rings is 1. The van der Waals surface area contributed by atoms with Crippen LogP contribution in [0.4, 0.5) is 5.95 Å². The summed E-state index contributed by atoms with van der Waals surface area (Å²) in [6, 6.07) is 8.86. The maximum Gasteiger partial charge on any atom is 0.263 e. The fraction of sp³-hybridized carbons (Fsp3) is 0.476. The third kappa shape index (κ3) is 5.35. The zero-order valence-electron chi connectivity index (χ0n) is 16.7. The van der Waals surface area contributed by atoms with Gasteiger partial charge in [0.25, 0.3) is 5.91 Å². The molecular formula is C21H27ClN4O2. The van der Waals surface area contributed by atoms with Crippen molar-refractivity contribution < 1.29 is 9.53 Å². The van der Waals surface area contributed by atoms with Crippen molar-refractivity contribution in [1.82, 2.24) is 15.3 Å². The van der Waals surface area contributed by atoms with E-state index in [1.54, 1.807) is 38.1 Å². The molecule has 2 heterocycles. The van der Waals surface area contributed by atoms with Gasteiger partial charge in [0, 0.05) is 23.8 Å². The molecule has 1 amide bonds. The molecule has 0 atom stereocenters. The molecule has 0 saturated carbocycles. The van der Waals surface area contributed by atoms with Crippen molar-refractivity contribution in [1.29, 1.82) is 0 Å². The molecule has 150 valence electrons. The highest BCUT2D eigenvalue weighted by Gasteiger charge is 2.30. The summed E-state index contributed by atoms with van der Waals surface area (Å²) >= 11 is 5.89. The SMILES string of the molecule is Cc1cc(CNC(=O)C(C)(C)Oc2ccc(Cl)cc2)nc(N2CCCCC2)n1. The van der Waals surface area contributed by atoms with Crippen LogP contribution in [0.25, 0.3) is 0 Å². The lowest BCUT2D eigenvalue weighted by Crippen LogP contribution is -2.46. The lowest BCUT2D eigenvalue weighted by molar-refractivity contribution is -0.134. The van der Waals surface area contributed by atoms with Crippen LogP contribution in [0.3, 0.4) is 0 Å². The van der Waals surface area contributed by atoms with Crippen LogP contribution in [-0.2, 0) is 11.3 Å². The number of halogens is 1. The first kappa shape index (κ1) is 20.4. The van der Waals surface area contributed by atoms with E-state index in [-0.39, 0.29) is 5.91 Å². The largest absolute Gasteiger partial charge is 0.478 e. The van der Waals surface area contributed by atoms with Crippen LogP contribution in [0, 0.1) is 6.92 Å². The Kier molecular flexibility index (Phi) is 6.39. The monoisotopic (exact) mass is 402 g/mol. The van der Waals surface area contributed by atoms with Crippen molar-refractivity contribution in [3.63, 3.8) is 0 Å². The fourth-order valence-electron chi connectivity index (χ4n) is 3.17. The smallest absolute Gasteiger partial charge is 0.263 e. The second kappa shape index (κ2) is 8.78. The van der Waals surface area contributed by atoms with Gasteiger partial charge in [-0.15, -0.1) is 0 Å². The third-order valence-electron chi connectivity index (χ3n) is 4.70. The third-order valence-corrected chi connectivity index (χ3v) is 4.95. The number of anilines is 1. The predicted molar refractivity (Wildman–Crippen MR) is 111 cm³/mol. The minimum Gasteiger partial charge on any atom is -0.478 e. The fourth-order valence-corrected chi connectivity index (χ4v) is 3.30. The summed E-state index contributed by atoms with van der Waals surface area (Å²) in [7, 11) is 0. The number of rotatable bonds is 6. The van der Waals surface area contributed by atoms with E-state index in [0.29, 0.717) is 17.3 Å². The van der Waals surface area contributed by atoms with Gasteiger partial charge in [0.2, 0.25) is 5.95 Å². The van der Waals surface area contributed by atoms with E-state index in [9.17, 15) is 4.79 Å². The van der Waals surface area contributed by atoms with Crippen LogP contribution in [0.5, 0.6) is 5.75 Å². The summed E-state index contributed by atoms with van der Waals surface area (Å²) in [5.41, 5.74) is 0.672. The standard InChI is InChI=1S/C21H27ClN4O2/c1-15-13-17(25-20(24-15)26-11-5-4-6-12-26)14-23-19(27)21(2,3)28-18-9-7-16(22)8-10-18/h7-10,13H,4-6,11-12,14H2,1-3H3,(H,23,27). The number of aryl methyl sites for hydroxylation is 1.